The van der Waals surface area contributed by atoms with Crippen LogP contribution in [0.5, 0.6) is 5.75 Å². The standard InChI is InChI=1S/C24H32F3N3O5/c1-13(2)18(20(31)24(25,26)27)28-22(33)17-7-6-12-30(17)23(34)19(14(3)4)29-21(32)15-8-10-16(35-5)11-9-15/h8-11,13-14,17-19H,6-7,12H2,1-5H3,(H,28,33)(H,29,32). The Bertz CT molecular complexity index is 931. The summed E-state index contributed by atoms with van der Waals surface area (Å²) in [7, 11) is 1.49. The van der Waals surface area contributed by atoms with Gasteiger partial charge in [0.05, 0.1) is 13.2 Å². The summed E-state index contributed by atoms with van der Waals surface area (Å²) in [6.45, 7) is 6.47. The molecule has 0 aliphatic carbocycles. The number of hydrogen-bond acceptors (Lipinski definition) is 5. The Hall–Kier alpha value is -3.11. The lowest BCUT2D eigenvalue weighted by Crippen LogP contribution is -2.58. The largest absolute Gasteiger partial charge is 0.497 e. The Morgan fingerprint density at radius 3 is 2.03 bits per heavy atom. The van der Waals surface area contributed by atoms with Gasteiger partial charge in [-0.05, 0) is 48.9 Å². The van der Waals surface area contributed by atoms with E-state index in [1.54, 1.807) is 38.1 Å². The smallest absolute Gasteiger partial charge is 0.452 e. The van der Waals surface area contributed by atoms with E-state index in [0.717, 1.165) is 0 Å². The van der Waals surface area contributed by atoms with Crippen LogP contribution in [0.25, 0.3) is 0 Å². The molecule has 3 unspecified atom stereocenters. The average molecular weight is 500 g/mol. The number of nitrogens with one attached hydrogen (secondary N) is 2. The van der Waals surface area contributed by atoms with Crippen molar-refractivity contribution >= 4 is 23.5 Å². The summed E-state index contributed by atoms with van der Waals surface area (Å²) in [5, 5.41) is 4.89. The number of hydrogen-bond donors (Lipinski definition) is 2. The number of carbonyl (C=O) groups is 4. The van der Waals surface area contributed by atoms with Gasteiger partial charge in [0.15, 0.2) is 0 Å². The predicted molar refractivity (Wildman–Crippen MR) is 122 cm³/mol. The quantitative estimate of drug-likeness (QED) is 0.544. The molecule has 0 radical (unpaired) electrons. The Morgan fingerprint density at radius 2 is 1.54 bits per heavy atom. The minimum absolute atomic E-state index is 0.206. The fourth-order valence-electron chi connectivity index (χ4n) is 3.92. The van der Waals surface area contributed by atoms with Crippen LogP contribution in [0, 0.1) is 11.8 Å². The van der Waals surface area contributed by atoms with Crippen molar-refractivity contribution in [2.75, 3.05) is 13.7 Å². The molecule has 1 aromatic rings. The molecular formula is C24H32F3N3O5. The maximum Gasteiger partial charge on any atom is 0.452 e. The number of ether oxygens (including phenoxy) is 1. The van der Waals surface area contributed by atoms with Gasteiger partial charge in [-0.15, -0.1) is 0 Å². The summed E-state index contributed by atoms with van der Waals surface area (Å²) in [6.07, 6.45) is -4.40. The van der Waals surface area contributed by atoms with E-state index in [9.17, 15) is 32.3 Å². The fourth-order valence-corrected chi connectivity index (χ4v) is 3.92. The highest BCUT2D eigenvalue weighted by atomic mass is 19.4. The number of ketones is 1. The minimum Gasteiger partial charge on any atom is -0.497 e. The van der Waals surface area contributed by atoms with Crippen LogP contribution in [0.4, 0.5) is 13.2 Å². The Balaban J connectivity index is 2.17. The molecule has 3 atom stereocenters. The highest BCUT2D eigenvalue weighted by Gasteiger charge is 2.46. The topological polar surface area (TPSA) is 105 Å². The van der Waals surface area contributed by atoms with Gasteiger partial charge >= 0.3 is 6.18 Å². The summed E-state index contributed by atoms with van der Waals surface area (Å²) in [5.74, 6) is -4.43. The number of benzene rings is 1. The van der Waals surface area contributed by atoms with Crippen molar-refractivity contribution in [3.63, 3.8) is 0 Å². The molecule has 1 aromatic carbocycles. The van der Waals surface area contributed by atoms with Gasteiger partial charge in [-0.1, -0.05) is 27.7 Å². The lowest BCUT2D eigenvalue weighted by molar-refractivity contribution is -0.175. The van der Waals surface area contributed by atoms with Gasteiger partial charge in [0.1, 0.15) is 17.8 Å². The molecule has 1 aliphatic rings. The summed E-state index contributed by atoms with van der Waals surface area (Å²) in [6, 6.07) is 2.55. The van der Waals surface area contributed by atoms with Gasteiger partial charge in [-0.2, -0.15) is 13.2 Å². The molecule has 11 heteroatoms. The number of amides is 3. The van der Waals surface area contributed by atoms with E-state index >= 15 is 0 Å². The van der Waals surface area contributed by atoms with E-state index in [4.69, 9.17) is 4.74 Å². The van der Waals surface area contributed by atoms with Gasteiger partial charge in [0, 0.05) is 12.1 Å². The molecule has 2 N–H and O–H groups in total. The molecule has 0 bridgehead atoms. The van der Waals surface area contributed by atoms with E-state index in [1.807, 2.05) is 0 Å². The number of Topliss-reactive ketones (excluding diaryl/α,β-unsaturated/α-hetero) is 1. The summed E-state index contributed by atoms with van der Waals surface area (Å²) < 4.78 is 44.0. The first kappa shape index (κ1) is 28.1. The molecule has 0 aromatic heterocycles. The SMILES string of the molecule is COc1ccc(C(=O)NC(C(=O)N2CCCC2C(=O)NC(C(=O)C(F)(F)F)C(C)C)C(C)C)cc1. The van der Waals surface area contributed by atoms with E-state index in [0.29, 0.717) is 17.7 Å². The number of alkyl halides is 3. The molecule has 0 saturated carbocycles. The van der Waals surface area contributed by atoms with Crippen LogP contribution in [0.3, 0.4) is 0 Å². The molecule has 194 valence electrons. The third-order valence-electron chi connectivity index (χ3n) is 5.94. The lowest BCUT2D eigenvalue weighted by atomic mass is 9.98. The molecule has 3 amide bonds. The number of methoxy groups -OCH3 is 1. The Kier molecular flexibility index (Phi) is 9.28. The van der Waals surface area contributed by atoms with Gasteiger partial charge < -0.3 is 20.3 Å². The van der Waals surface area contributed by atoms with E-state index in [-0.39, 0.29) is 18.9 Å². The maximum atomic E-state index is 13.3. The van der Waals surface area contributed by atoms with Crippen molar-refractivity contribution in [3.05, 3.63) is 29.8 Å². The summed E-state index contributed by atoms with van der Waals surface area (Å²) >= 11 is 0. The molecule has 1 fully saturated rings. The minimum atomic E-state index is -5.10. The number of carbonyl (C=O) groups excluding carboxylic acids is 4. The third kappa shape index (κ3) is 6.95. The zero-order valence-electron chi connectivity index (χ0n) is 20.4. The average Bonchev–Trinajstić information content (AvgIpc) is 3.29. The fraction of sp³-hybridized carbons (Fsp3) is 0.583. The normalized spacial score (nSPS) is 17.8. The number of likely N-dealkylation sites (tertiary alicyclic amines) is 1. The van der Waals surface area contributed by atoms with Crippen LogP contribution in [-0.2, 0) is 14.4 Å². The molecule has 8 nitrogen and oxygen atoms in total. The van der Waals surface area contributed by atoms with E-state index < -0.39 is 53.7 Å². The maximum absolute atomic E-state index is 13.3. The molecule has 2 rings (SSSR count). The first-order valence-electron chi connectivity index (χ1n) is 11.4. The predicted octanol–water partition coefficient (Wildman–Crippen LogP) is 2.71. The highest BCUT2D eigenvalue weighted by Crippen LogP contribution is 2.24. The van der Waals surface area contributed by atoms with Crippen molar-refractivity contribution in [1.29, 1.82) is 0 Å². The van der Waals surface area contributed by atoms with Crippen molar-refractivity contribution in [1.82, 2.24) is 15.5 Å². The van der Waals surface area contributed by atoms with Gasteiger partial charge in [0.2, 0.25) is 11.8 Å². The van der Waals surface area contributed by atoms with Crippen LogP contribution in [0.2, 0.25) is 0 Å². The number of halogens is 3. The van der Waals surface area contributed by atoms with Gasteiger partial charge in [0.25, 0.3) is 11.7 Å². The summed E-state index contributed by atoms with van der Waals surface area (Å²) in [5.41, 5.74) is 0.311. The molecule has 1 aliphatic heterocycles. The van der Waals surface area contributed by atoms with Crippen molar-refractivity contribution < 1.29 is 37.1 Å². The third-order valence-corrected chi connectivity index (χ3v) is 5.94. The van der Waals surface area contributed by atoms with Crippen molar-refractivity contribution in [2.24, 2.45) is 11.8 Å². The van der Waals surface area contributed by atoms with Crippen molar-refractivity contribution in [2.45, 2.75) is 64.8 Å². The second-order valence-corrected chi connectivity index (χ2v) is 9.21. The zero-order valence-corrected chi connectivity index (χ0v) is 20.4. The zero-order chi connectivity index (χ0) is 26.5. The molecular weight excluding hydrogens is 467 g/mol. The number of nitrogens with zero attached hydrogens (tertiary/aromatic N) is 1. The lowest BCUT2D eigenvalue weighted by Gasteiger charge is -2.32. The van der Waals surface area contributed by atoms with Gasteiger partial charge in [-0.25, -0.2) is 0 Å². The Labute approximate surface area is 202 Å². The van der Waals surface area contributed by atoms with Crippen molar-refractivity contribution in [3.8, 4) is 5.75 Å². The summed E-state index contributed by atoms with van der Waals surface area (Å²) in [4.78, 5) is 52.0. The second-order valence-electron chi connectivity index (χ2n) is 9.21. The molecule has 35 heavy (non-hydrogen) atoms. The number of rotatable bonds is 9. The molecule has 1 heterocycles. The van der Waals surface area contributed by atoms with Crippen LogP contribution in [0.1, 0.15) is 50.9 Å². The van der Waals surface area contributed by atoms with Crippen LogP contribution in [0.15, 0.2) is 24.3 Å². The van der Waals surface area contributed by atoms with Gasteiger partial charge in [-0.3, -0.25) is 19.2 Å². The van der Waals surface area contributed by atoms with E-state index in [2.05, 4.69) is 10.6 Å². The second kappa shape index (κ2) is 11.5. The van der Waals surface area contributed by atoms with Crippen LogP contribution in [-0.4, -0.2) is 66.4 Å². The van der Waals surface area contributed by atoms with Crippen LogP contribution >= 0.6 is 0 Å². The first-order valence-corrected chi connectivity index (χ1v) is 11.4. The highest BCUT2D eigenvalue weighted by molar-refractivity contribution is 5.99. The molecule has 1 saturated heterocycles. The monoisotopic (exact) mass is 499 g/mol. The Morgan fingerprint density at radius 1 is 0.971 bits per heavy atom. The molecule has 0 spiro atoms. The van der Waals surface area contributed by atoms with E-state index in [1.165, 1.54) is 25.9 Å². The van der Waals surface area contributed by atoms with Crippen LogP contribution < -0.4 is 15.4 Å². The first-order chi connectivity index (χ1) is 16.3.